The molecular weight excluding hydrogens is 222 g/mol. The van der Waals surface area contributed by atoms with Gasteiger partial charge in [0.1, 0.15) is 6.04 Å². The Hall–Kier alpha value is -0.700. The largest absolute Gasteiger partial charge is 0.480 e. The van der Waals surface area contributed by atoms with Gasteiger partial charge >= 0.3 is 5.97 Å². The molecule has 7 nitrogen and oxygen atoms in total. The van der Waals surface area contributed by atoms with Crippen molar-refractivity contribution >= 4 is 16.2 Å². The number of hydrogen-bond donors (Lipinski definition) is 3. The Balaban J connectivity index is 2.50. The fourth-order valence-electron chi connectivity index (χ4n) is 1.27. The van der Waals surface area contributed by atoms with Gasteiger partial charge in [-0.2, -0.15) is 12.7 Å². The number of rotatable bonds is 6. The van der Waals surface area contributed by atoms with Crippen molar-refractivity contribution in [2.24, 2.45) is 10.9 Å². The molecule has 0 aliphatic heterocycles. The van der Waals surface area contributed by atoms with Gasteiger partial charge in [-0.05, 0) is 19.3 Å². The van der Waals surface area contributed by atoms with Gasteiger partial charge < -0.3 is 10.8 Å². The van der Waals surface area contributed by atoms with Crippen LogP contribution in [0.25, 0.3) is 0 Å². The molecule has 1 aliphatic carbocycles. The summed E-state index contributed by atoms with van der Waals surface area (Å²) in [5.74, 6) is -1.14. The highest BCUT2D eigenvalue weighted by atomic mass is 32.2. The predicted molar refractivity (Wildman–Crippen MR) is 53.1 cm³/mol. The van der Waals surface area contributed by atoms with Crippen molar-refractivity contribution < 1.29 is 18.3 Å². The van der Waals surface area contributed by atoms with Crippen LogP contribution in [0.5, 0.6) is 0 Å². The van der Waals surface area contributed by atoms with Crippen LogP contribution in [-0.2, 0) is 15.0 Å². The van der Waals surface area contributed by atoms with Crippen LogP contribution in [0.3, 0.4) is 0 Å². The lowest BCUT2D eigenvalue weighted by Gasteiger charge is -2.19. The van der Waals surface area contributed by atoms with Crippen LogP contribution in [0, 0.1) is 0 Å². The number of hydrogen-bond acceptors (Lipinski definition) is 4. The lowest BCUT2D eigenvalue weighted by molar-refractivity contribution is -0.138. The van der Waals surface area contributed by atoms with E-state index >= 15 is 0 Å². The molecule has 1 fully saturated rings. The number of carboxylic acids is 1. The van der Waals surface area contributed by atoms with E-state index < -0.39 is 22.2 Å². The first-order valence-electron chi connectivity index (χ1n) is 4.60. The number of carbonyl (C=O) groups is 1. The monoisotopic (exact) mass is 237 g/mol. The molecule has 1 aliphatic rings. The maximum atomic E-state index is 11.1. The van der Waals surface area contributed by atoms with Gasteiger partial charge in [-0.15, -0.1) is 0 Å². The van der Waals surface area contributed by atoms with Crippen molar-refractivity contribution in [2.45, 2.75) is 31.3 Å². The fourth-order valence-corrected chi connectivity index (χ4v) is 2.26. The summed E-state index contributed by atoms with van der Waals surface area (Å²) in [7, 11) is -3.74. The van der Waals surface area contributed by atoms with Crippen molar-refractivity contribution in [1.82, 2.24) is 4.31 Å². The quantitative estimate of drug-likeness (QED) is 0.515. The lowest BCUT2D eigenvalue weighted by atomic mass is 10.2. The number of nitrogens with zero attached hydrogens (tertiary/aromatic N) is 1. The van der Waals surface area contributed by atoms with Gasteiger partial charge in [0.05, 0.1) is 0 Å². The summed E-state index contributed by atoms with van der Waals surface area (Å²) in [5, 5.41) is 13.5. The second kappa shape index (κ2) is 4.44. The molecule has 1 atom stereocenters. The molecule has 1 rings (SSSR count). The molecule has 0 saturated heterocycles. The van der Waals surface area contributed by atoms with Crippen molar-refractivity contribution in [3.05, 3.63) is 0 Å². The lowest BCUT2D eigenvalue weighted by Crippen LogP contribution is -2.42. The van der Waals surface area contributed by atoms with Gasteiger partial charge in [-0.1, -0.05) is 0 Å². The molecule has 15 heavy (non-hydrogen) atoms. The molecule has 0 radical (unpaired) electrons. The third kappa shape index (κ3) is 3.74. The zero-order chi connectivity index (χ0) is 11.6. The van der Waals surface area contributed by atoms with Gasteiger partial charge in [-0.25, -0.2) is 5.14 Å². The van der Waals surface area contributed by atoms with Crippen LogP contribution in [0.1, 0.15) is 19.3 Å². The minimum Gasteiger partial charge on any atom is -0.480 e. The van der Waals surface area contributed by atoms with E-state index in [-0.39, 0.29) is 19.0 Å². The van der Waals surface area contributed by atoms with Gasteiger partial charge in [0.25, 0.3) is 10.2 Å². The van der Waals surface area contributed by atoms with E-state index in [2.05, 4.69) is 0 Å². The van der Waals surface area contributed by atoms with Crippen molar-refractivity contribution in [3.8, 4) is 0 Å². The SMILES string of the molecule is N[C@@H](CCN(C1CC1)S(N)(=O)=O)C(=O)O. The van der Waals surface area contributed by atoms with E-state index in [9.17, 15) is 13.2 Å². The summed E-state index contributed by atoms with van der Waals surface area (Å²) in [4.78, 5) is 10.4. The molecule has 0 unspecified atom stereocenters. The summed E-state index contributed by atoms with van der Waals surface area (Å²) in [6.45, 7) is 0.0664. The summed E-state index contributed by atoms with van der Waals surface area (Å²) in [6.07, 6.45) is 1.62. The van der Waals surface area contributed by atoms with Crippen LogP contribution in [0.4, 0.5) is 0 Å². The maximum Gasteiger partial charge on any atom is 0.320 e. The molecule has 1 saturated carbocycles. The molecule has 5 N–H and O–H groups in total. The van der Waals surface area contributed by atoms with E-state index in [1.807, 2.05) is 0 Å². The second-order valence-electron chi connectivity index (χ2n) is 3.62. The van der Waals surface area contributed by atoms with Gasteiger partial charge in [0.2, 0.25) is 0 Å². The Morgan fingerprint density at radius 1 is 1.53 bits per heavy atom. The van der Waals surface area contributed by atoms with Crippen LogP contribution in [0.2, 0.25) is 0 Å². The number of carboxylic acid groups (broad SMARTS) is 1. The molecular formula is C7H15N3O4S. The van der Waals surface area contributed by atoms with Crippen LogP contribution >= 0.6 is 0 Å². The van der Waals surface area contributed by atoms with Gasteiger partial charge in [0, 0.05) is 12.6 Å². The van der Waals surface area contributed by atoms with Crippen molar-refractivity contribution in [3.63, 3.8) is 0 Å². The highest BCUT2D eigenvalue weighted by Gasteiger charge is 2.35. The summed E-state index contributed by atoms with van der Waals surface area (Å²) in [6, 6.07) is -1.12. The Labute approximate surface area is 88.2 Å². The standard InChI is InChI=1S/C7H15N3O4S/c8-6(7(11)12)3-4-10(5-1-2-5)15(9,13)14/h5-6H,1-4,8H2,(H,11,12)(H2,9,13,14)/t6-/m0/s1. The Morgan fingerprint density at radius 2 is 2.07 bits per heavy atom. The highest BCUT2D eigenvalue weighted by Crippen LogP contribution is 2.28. The molecule has 0 aromatic carbocycles. The molecule has 88 valence electrons. The average molecular weight is 237 g/mol. The van der Waals surface area contributed by atoms with E-state index in [1.165, 1.54) is 0 Å². The molecule has 0 spiro atoms. The molecule has 0 amide bonds. The fraction of sp³-hybridized carbons (Fsp3) is 0.857. The minimum absolute atomic E-state index is 0.0664. The van der Waals surface area contributed by atoms with E-state index in [4.69, 9.17) is 16.0 Å². The van der Waals surface area contributed by atoms with Crippen LogP contribution < -0.4 is 10.9 Å². The first kappa shape index (κ1) is 12.4. The zero-order valence-electron chi connectivity index (χ0n) is 8.17. The topological polar surface area (TPSA) is 127 Å². The van der Waals surface area contributed by atoms with Gasteiger partial charge in [0.15, 0.2) is 0 Å². The minimum atomic E-state index is -3.74. The van der Waals surface area contributed by atoms with Crippen molar-refractivity contribution in [1.29, 1.82) is 0 Å². The molecule has 0 heterocycles. The molecule has 0 bridgehead atoms. The average Bonchev–Trinajstić information content (AvgIpc) is 2.85. The van der Waals surface area contributed by atoms with Gasteiger partial charge in [-0.3, -0.25) is 4.79 Å². The summed E-state index contributed by atoms with van der Waals surface area (Å²) in [5.41, 5.74) is 5.27. The molecule has 8 heteroatoms. The normalized spacial score (nSPS) is 19.1. The first-order valence-corrected chi connectivity index (χ1v) is 6.10. The number of aliphatic carboxylic acids is 1. The predicted octanol–water partition coefficient (Wildman–Crippen LogP) is -1.54. The summed E-state index contributed by atoms with van der Waals surface area (Å²) >= 11 is 0. The maximum absolute atomic E-state index is 11.1. The molecule has 0 aromatic heterocycles. The van der Waals surface area contributed by atoms with Crippen LogP contribution in [-0.4, -0.2) is 42.4 Å². The third-order valence-electron chi connectivity index (χ3n) is 2.26. The first-order chi connectivity index (χ1) is 6.82. The third-order valence-corrected chi connectivity index (χ3v) is 3.39. The van der Waals surface area contributed by atoms with Crippen molar-refractivity contribution in [2.75, 3.05) is 6.54 Å². The summed E-state index contributed by atoms with van der Waals surface area (Å²) < 4.78 is 23.3. The van der Waals surface area contributed by atoms with Crippen LogP contribution in [0.15, 0.2) is 0 Å². The zero-order valence-corrected chi connectivity index (χ0v) is 8.98. The second-order valence-corrected chi connectivity index (χ2v) is 5.12. The Kier molecular flexibility index (Phi) is 3.66. The molecule has 0 aromatic rings. The van der Waals surface area contributed by atoms with E-state index in [0.29, 0.717) is 0 Å². The highest BCUT2D eigenvalue weighted by molar-refractivity contribution is 7.86. The van der Waals surface area contributed by atoms with E-state index in [0.717, 1.165) is 17.1 Å². The Bertz CT molecular complexity index is 338. The Morgan fingerprint density at radius 3 is 2.40 bits per heavy atom. The number of nitrogens with two attached hydrogens (primary N) is 2. The van der Waals surface area contributed by atoms with E-state index in [1.54, 1.807) is 0 Å². The smallest absolute Gasteiger partial charge is 0.320 e.